The molecule has 1 amide bonds. The lowest BCUT2D eigenvalue weighted by atomic mass is 10.1. The van der Waals surface area contributed by atoms with Gasteiger partial charge in [0, 0.05) is 18.7 Å². The van der Waals surface area contributed by atoms with Gasteiger partial charge in [-0.2, -0.15) is 0 Å². The molecule has 1 aliphatic heterocycles. The summed E-state index contributed by atoms with van der Waals surface area (Å²) < 4.78 is 29.1. The van der Waals surface area contributed by atoms with Gasteiger partial charge in [-0.05, 0) is 35.8 Å². The first kappa shape index (κ1) is 19.2. The molecule has 5 nitrogen and oxygen atoms in total. The Kier molecular flexibility index (Phi) is 5.96. The van der Waals surface area contributed by atoms with Crippen LogP contribution in [-0.4, -0.2) is 43.9 Å². The third kappa shape index (κ3) is 5.20. The van der Waals surface area contributed by atoms with E-state index in [9.17, 15) is 13.2 Å². The number of hydrogen-bond donors (Lipinski definition) is 0. The zero-order valence-electron chi connectivity index (χ0n) is 15.2. The minimum Gasteiger partial charge on any atom is -0.497 e. The second kappa shape index (κ2) is 8.39. The molecule has 1 fully saturated rings. The van der Waals surface area contributed by atoms with Crippen molar-refractivity contribution in [2.24, 2.45) is 0 Å². The van der Waals surface area contributed by atoms with Crippen LogP contribution >= 0.6 is 0 Å². The van der Waals surface area contributed by atoms with Crippen LogP contribution in [0.25, 0.3) is 6.08 Å². The van der Waals surface area contributed by atoms with Crippen molar-refractivity contribution in [1.29, 1.82) is 0 Å². The predicted octanol–water partition coefficient (Wildman–Crippen LogP) is 2.92. The van der Waals surface area contributed by atoms with E-state index in [1.807, 2.05) is 54.6 Å². The molecule has 1 heterocycles. The first-order valence-electron chi connectivity index (χ1n) is 8.84. The molecule has 0 aromatic heterocycles. The minimum atomic E-state index is -3.09. The molecule has 1 aliphatic rings. The summed E-state index contributed by atoms with van der Waals surface area (Å²) in [5, 5.41) is 0. The summed E-state index contributed by atoms with van der Waals surface area (Å²) in [4.78, 5) is 14.5. The lowest BCUT2D eigenvalue weighted by Gasteiger charge is -2.27. The van der Waals surface area contributed by atoms with Crippen molar-refractivity contribution >= 4 is 21.8 Å². The van der Waals surface area contributed by atoms with Crippen molar-refractivity contribution in [2.45, 2.75) is 19.0 Å². The van der Waals surface area contributed by atoms with E-state index >= 15 is 0 Å². The summed E-state index contributed by atoms with van der Waals surface area (Å²) in [6.07, 6.45) is 3.74. The minimum absolute atomic E-state index is 0.0158. The first-order valence-corrected chi connectivity index (χ1v) is 10.7. The number of rotatable bonds is 6. The Morgan fingerprint density at radius 2 is 1.96 bits per heavy atom. The highest BCUT2D eigenvalue weighted by Gasteiger charge is 2.34. The van der Waals surface area contributed by atoms with E-state index in [1.165, 1.54) is 6.08 Å². The summed E-state index contributed by atoms with van der Waals surface area (Å²) in [5.74, 6) is 0.659. The molecule has 6 heteroatoms. The maximum atomic E-state index is 12.9. The number of carbonyl (C=O) groups is 1. The molecule has 0 saturated carbocycles. The lowest BCUT2D eigenvalue weighted by Crippen LogP contribution is -2.39. The highest BCUT2D eigenvalue weighted by atomic mass is 32.2. The first-order chi connectivity index (χ1) is 13.0. The van der Waals surface area contributed by atoms with E-state index in [4.69, 9.17) is 4.74 Å². The zero-order chi connectivity index (χ0) is 19.3. The topological polar surface area (TPSA) is 63.7 Å². The molecule has 1 saturated heterocycles. The van der Waals surface area contributed by atoms with Crippen LogP contribution in [0.4, 0.5) is 0 Å². The normalized spacial score (nSPS) is 18.5. The summed E-state index contributed by atoms with van der Waals surface area (Å²) in [5.41, 5.74) is 1.83. The molecule has 2 aromatic rings. The standard InChI is InChI=1S/C21H23NO4S/c1-26-20-9-5-8-18(14-20)15-22(19-12-13-27(24,25)16-19)21(23)11-10-17-6-3-2-4-7-17/h2-11,14,19H,12-13,15-16H2,1H3/b11-10+. The van der Waals surface area contributed by atoms with Crippen molar-refractivity contribution in [3.05, 3.63) is 71.8 Å². The number of benzene rings is 2. The molecule has 1 unspecified atom stereocenters. The molecular weight excluding hydrogens is 362 g/mol. The number of hydrogen-bond acceptors (Lipinski definition) is 4. The van der Waals surface area contributed by atoms with E-state index in [0.29, 0.717) is 18.7 Å². The van der Waals surface area contributed by atoms with Gasteiger partial charge in [0.25, 0.3) is 0 Å². The molecule has 142 valence electrons. The average Bonchev–Trinajstić information content (AvgIpc) is 3.04. The molecule has 0 N–H and O–H groups in total. The highest BCUT2D eigenvalue weighted by molar-refractivity contribution is 7.91. The fourth-order valence-electron chi connectivity index (χ4n) is 3.20. The van der Waals surface area contributed by atoms with Gasteiger partial charge in [-0.25, -0.2) is 8.42 Å². The van der Waals surface area contributed by atoms with E-state index < -0.39 is 9.84 Å². The molecule has 1 atom stereocenters. The largest absolute Gasteiger partial charge is 0.497 e. The highest BCUT2D eigenvalue weighted by Crippen LogP contribution is 2.22. The van der Waals surface area contributed by atoms with E-state index in [2.05, 4.69) is 0 Å². The maximum Gasteiger partial charge on any atom is 0.247 e. The van der Waals surface area contributed by atoms with E-state index in [1.54, 1.807) is 18.1 Å². The van der Waals surface area contributed by atoms with E-state index in [0.717, 1.165) is 11.1 Å². The van der Waals surface area contributed by atoms with Crippen LogP contribution in [0.15, 0.2) is 60.7 Å². The van der Waals surface area contributed by atoms with Gasteiger partial charge in [0.05, 0.1) is 18.6 Å². The molecule has 0 spiro atoms. The summed E-state index contributed by atoms with van der Waals surface area (Å²) in [6.45, 7) is 0.343. The van der Waals surface area contributed by atoms with Gasteiger partial charge < -0.3 is 9.64 Å². The van der Waals surface area contributed by atoms with Crippen LogP contribution in [0.1, 0.15) is 17.5 Å². The number of sulfone groups is 1. The number of amides is 1. The van der Waals surface area contributed by atoms with Crippen LogP contribution in [0.3, 0.4) is 0 Å². The smallest absolute Gasteiger partial charge is 0.247 e. The van der Waals surface area contributed by atoms with Gasteiger partial charge in [-0.15, -0.1) is 0 Å². The Bertz CT molecular complexity index is 922. The van der Waals surface area contributed by atoms with Gasteiger partial charge in [0.2, 0.25) is 5.91 Å². The molecule has 0 aliphatic carbocycles. The van der Waals surface area contributed by atoms with Gasteiger partial charge in [0.15, 0.2) is 9.84 Å². The van der Waals surface area contributed by atoms with Crippen LogP contribution in [0.2, 0.25) is 0 Å². The Hall–Kier alpha value is -2.60. The van der Waals surface area contributed by atoms with Crippen LogP contribution in [0, 0.1) is 0 Å². The number of nitrogens with zero attached hydrogens (tertiary/aromatic N) is 1. The summed E-state index contributed by atoms with van der Waals surface area (Å²) >= 11 is 0. The maximum absolute atomic E-state index is 12.9. The predicted molar refractivity (Wildman–Crippen MR) is 106 cm³/mol. The quantitative estimate of drug-likeness (QED) is 0.717. The van der Waals surface area contributed by atoms with Crippen LogP contribution in [0.5, 0.6) is 5.75 Å². The molecule has 2 aromatic carbocycles. The average molecular weight is 385 g/mol. The van der Waals surface area contributed by atoms with Crippen molar-refractivity contribution in [1.82, 2.24) is 4.90 Å². The lowest BCUT2D eigenvalue weighted by molar-refractivity contribution is -0.128. The van der Waals surface area contributed by atoms with Crippen LogP contribution in [-0.2, 0) is 21.2 Å². The Morgan fingerprint density at radius 3 is 2.63 bits per heavy atom. The van der Waals surface area contributed by atoms with Crippen LogP contribution < -0.4 is 4.74 Å². The second-order valence-corrected chi connectivity index (χ2v) is 8.85. The molecule has 0 radical (unpaired) electrons. The van der Waals surface area contributed by atoms with Crippen molar-refractivity contribution in [3.63, 3.8) is 0 Å². The number of methoxy groups -OCH3 is 1. The monoisotopic (exact) mass is 385 g/mol. The zero-order valence-corrected chi connectivity index (χ0v) is 16.1. The van der Waals surface area contributed by atoms with Gasteiger partial charge in [-0.3, -0.25) is 4.79 Å². The fourth-order valence-corrected chi connectivity index (χ4v) is 4.93. The Morgan fingerprint density at radius 1 is 1.19 bits per heavy atom. The fraction of sp³-hybridized carbons (Fsp3) is 0.286. The van der Waals surface area contributed by atoms with Crippen molar-refractivity contribution in [3.8, 4) is 5.75 Å². The number of ether oxygens (including phenoxy) is 1. The molecule has 3 rings (SSSR count). The third-order valence-electron chi connectivity index (χ3n) is 4.64. The summed E-state index contributed by atoms with van der Waals surface area (Å²) in [7, 11) is -1.50. The van der Waals surface area contributed by atoms with Gasteiger partial charge >= 0.3 is 0 Å². The van der Waals surface area contributed by atoms with Crippen molar-refractivity contribution in [2.75, 3.05) is 18.6 Å². The van der Waals surface area contributed by atoms with Gasteiger partial charge in [-0.1, -0.05) is 42.5 Å². The molecule has 0 bridgehead atoms. The SMILES string of the molecule is COc1cccc(CN(C(=O)/C=C/c2ccccc2)C2CCS(=O)(=O)C2)c1. The van der Waals surface area contributed by atoms with Gasteiger partial charge in [0.1, 0.15) is 5.75 Å². The molecular formula is C21H23NO4S. The third-order valence-corrected chi connectivity index (χ3v) is 6.39. The molecule has 27 heavy (non-hydrogen) atoms. The van der Waals surface area contributed by atoms with Crippen molar-refractivity contribution < 1.29 is 17.9 Å². The van der Waals surface area contributed by atoms with E-state index in [-0.39, 0.29) is 23.5 Å². The number of carbonyl (C=O) groups excluding carboxylic acids is 1. The second-order valence-electron chi connectivity index (χ2n) is 6.62. The summed E-state index contributed by atoms with van der Waals surface area (Å²) in [6, 6.07) is 16.7. The Labute approximate surface area is 160 Å². The Balaban J connectivity index is 1.82.